The van der Waals surface area contributed by atoms with Gasteiger partial charge in [0.15, 0.2) is 5.65 Å². The summed E-state index contributed by atoms with van der Waals surface area (Å²) in [6.07, 6.45) is 0.0138. The zero-order chi connectivity index (χ0) is 31.5. The van der Waals surface area contributed by atoms with Crippen LogP contribution in [0.25, 0.3) is 16.8 Å². The molecule has 3 heterocycles. The third-order valence-electron chi connectivity index (χ3n) is 7.05. The predicted molar refractivity (Wildman–Crippen MR) is 162 cm³/mol. The first-order valence-electron chi connectivity index (χ1n) is 13.7. The molecule has 4 N–H and O–H groups in total. The third kappa shape index (κ3) is 6.29. The van der Waals surface area contributed by atoms with E-state index in [4.69, 9.17) is 9.47 Å². The van der Waals surface area contributed by atoms with E-state index in [1.807, 2.05) is 18.3 Å². The van der Waals surface area contributed by atoms with E-state index in [0.29, 0.717) is 53.1 Å². The highest BCUT2D eigenvalue weighted by molar-refractivity contribution is 5.97. The van der Waals surface area contributed by atoms with Crippen LogP contribution in [0.5, 0.6) is 5.75 Å². The van der Waals surface area contributed by atoms with Crippen molar-refractivity contribution in [1.29, 1.82) is 0 Å². The largest absolute Gasteiger partial charge is 0.494 e. The molecule has 0 spiro atoms. The number of carbonyl (C=O) groups excluding carboxylic acids is 2. The minimum absolute atomic E-state index is 0.298. The van der Waals surface area contributed by atoms with Crippen LogP contribution in [0.3, 0.4) is 0 Å². The normalized spacial score (nSPS) is 13.3. The Morgan fingerprint density at radius 1 is 1.02 bits per heavy atom. The molecule has 5 aromatic rings. The Hall–Kier alpha value is -6.18. The molecule has 0 radical (unpaired) electrons. The fourth-order valence-corrected chi connectivity index (χ4v) is 4.85. The first-order chi connectivity index (χ1) is 21.8. The number of cyclic esters (lactones) is 1. The third-order valence-corrected chi connectivity index (χ3v) is 7.05. The molecule has 14 heteroatoms. The highest BCUT2D eigenvalue weighted by atomic mass is 19.1. The van der Waals surface area contributed by atoms with Crippen molar-refractivity contribution in [1.82, 2.24) is 19.9 Å². The number of ether oxygens (including phenoxy) is 2. The molecule has 1 fully saturated rings. The van der Waals surface area contributed by atoms with Gasteiger partial charge in [0.2, 0.25) is 5.95 Å². The van der Waals surface area contributed by atoms with Gasteiger partial charge in [-0.25, -0.2) is 18.5 Å². The lowest BCUT2D eigenvalue weighted by Crippen LogP contribution is -2.36. The molecule has 0 aliphatic carbocycles. The average Bonchev–Trinajstić information content (AvgIpc) is 3.65. The molecular weight excluding hydrogens is 585 g/mol. The minimum Gasteiger partial charge on any atom is -0.494 e. The van der Waals surface area contributed by atoms with Gasteiger partial charge in [-0.1, -0.05) is 24.3 Å². The number of carboxylic acid groups (broad SMARTS) is 1. The van der Waals surface area contributed by atoms with Crippen molar-refractivity contribution in [3.8, 4) is 16.9 Å². The van der Waals surface area contributed by atoms with E-state index in [1.54, 1.807) is 47.0 Å². The lowest BCUT2D eigenvalue weighted by molar-refractivity contribution is -0.118. The lowest BCUT2D eigenvalue weighted by Gasteiger charge is -2.17. The zero-order valence-electron chi connectivity index (χ0n) is 23.7. The smallest absolute Gasteiger partial charge is 0.414 e. The summed E-state index contributed by atoms with van der Waals surface area (Å²) in [6, 6.07) is 19.7. The van der Waals surface area contributed by atoms with E-state index in [-0.39, 0.29) is 0 Å². The van der Waals surface area contributed by atoms with Crippen LogP contribution in [-0.4, -0.2) is 58.1 Å². The second-order valence-electron chi connectivity index (χ2n) is 9.93. The van der Waals surface area contributed by atoms with E-state index in [0.717, 1.165) is 23.3 Å². The van der Waals surface area contributed by atoms with E-state index in [2.05, 4.69) is 26.0 Å². The summed E-state index contributed by atoms with van der Waals surface area (Å²) in [6.45, 7) is 0.797. The van der Waals surface area contributed by atoms with Crippen molar-refractivity contribution >= 4 is 46.8 Å². The number of halogens is 1. The number of rotatable bonds is 9. The molecule has 3 amide bonds. The van der Waals surface area contributed by atoms with Gasteiger partial charge in [-0.15, -0.1) is 5.10 Å². The summed E-state index contributed by atoms with van der Waals surface area (Å²) >= 11 is 0. The first-order valence-corrected chi connectivity index (χ1v) is 13.7. The summed E-state index contributed by atoms with van der Waals surface area (Å²) in [5, 5.41) is 21.8. The number of fused-ring (bicyclic) bond motifs is 1. The van der Waals surface area contributed by atoms with Crippen molar-refractivity contribution < 1.29 is 33.4 Å². The number of amides is 3. The van der Waals surface area contributed by atoms with Gasteiger partial charge in [0.05, 0.1) is 25.0 Å². The molecule has 2 aromatic heterocycles. The van der Waals surface area contributed by atoms with Crippen LogP contribution in [0.15, 0.2) is 85.1 Å². The van der Waals surface area contributed by atoms with Gasteiger partial charge in [0.1, 0.15) is 24.2 Å². The lowest BCUT2D eigenvalue weighted by atomic mass is 10.1. The fraction of sp³-hybridized carbons (Fsp3) is 0.129. The molecule has 0 saturated carbocycles. The van der Waals surface area contributed by atoms with Gasteiger partial charge < -0.3 is 30.5 Å². The average molecular weight is 612 g/mol. The van der Waals surface area contributed by atoms with Gasteiger partial charge in [-0.3, -0.25) is 9.69 Å². The number of anilines is 4. The van der Waals surface area contributed by atoms with Gasteiger partial charge in [-0.05, 0) is 59.7 Å². The number of hydrogen-bond donors (Lipinski definition) is 4. The maximum absolute atomic E-state index is 13.3. The monoisotopic (exact) mass is 611 g/mol. The van der Waals surface area contributed by atoms with Gasteiger partial charge in [0.25, 0.3) is 5.91 Å². The van der Waals surface area contributed by atoms with E-state index >= 15 is 0 Å². The van der Waals surface area contributed by atoms with Gasteiger partial charge in [-0.2, -0.15) is 4.98 Å². The number of hydrogen-bond acceptors (Lipinski definition) is 8. The summed E-state index contributed by atoms with van der Waals surface area (Å²) < 4.78 is 25.5. The molecule has 45 heavy (non-hydrogen) atoms. The fourth-order valence-electron chi connectivity index (χ4n) is 4.85. The summed E-state index contributed by atoms with van der Waals surface area (Å²) in [7, 11) is 1.53. The Labute approximate surface area is 255 Å². The second-order valence-corrected chi connectivity index (χ2v) is 9.93. The molecule has 0 unspecified atom stereocenters. The number of nitrogens with zero attached hydrogens (tertiary/aromatic N) is 4. The number of pyridine rings is 1. The predicted octanol–water partition coefficient (Wildman–Crippen LogP) is 5.19. The Bertz CT molecular complexity index is 1900. The first kappa shape index (κ1) is 28.9. The molecule has 1 aliphatic rings. The number of benzene rings is 3. The zero-order valence-corrected chi connectivity index (χ0v) is 23.7. The topological polar surface area (TPSA) is 159 Å². The summed E-state index contributed by atoms with van der Waals surface area (Å²) in [5.74, 6) is -0.283. The molecule has 0 bridgehead atoms. The van der Waals surface area contributed by atoms with Crippen molar-refractivity contribution in [3.05, 3.63) is 96.4 Å². The SMILES string of the molecule is COc1cc(N2CCOC2=O)ccc1Nc1nc2ccc(-c3ccc(NC(=O)[C@H](NC(=O)O)c4ccc(F)cc4)cc3)cn2n1. The molecule has 3 aromatic carbocycles. The highest BCUT2D eigenvalue weighted by Gasteiger charge is 2.25. The van der Waals surface area contributed by atoms with E-state index in [9.17, 15) is 23.9 Å². The minimum atomic E-state index is -1.39. The maximum Gasteiger partial charge on any atom is 0.414 e. The quantitative estimate of drug-likeness (QED) is 0.176. The standard InChI is InChI=1S/C31H26FN7O6/c1-44-25-16-23(38-14-15-45-31(38)43)11-12-24(25)34-29-35-26-13-6-20(17-39(26)37-29)18-4-9-22(10-5-18)33-28(40)27(36-30(41)42)19-2-7-21(32)8-3-19/h2-13,16-17,27,36H,14-15H2,1H3,(H,33,40)(H,34,37)(H,41,42)/t27-/m1/s1. The Morgan fingerprint density at radius 3 is 2.47 bits per heavy atom. The van der Waals surface area contributed by atoms with Crippen molar-refractivity contribution in [3.63, 3.8) is 0 Å². The number of methoxy groups -OCH3 is 1. The Morgan fingerprint density at radius 2 is 1.78 bits per heavy atom. The van der Waals surface area contributed by atoms with Crippen LogP contribution in [-0.2, 0) is 9.53 Å². The molecule has 228 valence electrons. The molecule has 13 nitrogen and oxygen atoms in total. The van der Waals surface area contributed by atoms with Crippen LogP contribution in [0.2, 0.25) is 0 Å². The van der Waals surface area contributed by atoms with Crippen LogP contribution in [0.4, 0.5) is 37.0 Å². The number of nitrogens with one attached hydrogen (secondary N) is 3. The highest BCUT2D eigenvalue weighted by Crippen LogP contribution is 2.33. The summed E-state index contributed by atoms with van der Waals surface area (Å²) in [5.41, 5.74) is 4.26. The van der Waals surface area contributed by atoms with Crippen LogP contribution < -0.4 is 25.6 Å². The number of aromatic nitrogens is 3. The van der Waals surface area contributed by atoms with Gasteiger partial charge >= 0.3 is 12.2 Å². The molecular formula is C31H26FN7O6. The van der Waals surface area contributed by atoms with Crippen LogP contribution >= 0.6 is 0 Å². The molecule has 1 saturated heterocycles. The van der Waals surface area contributed by atoms with Gasteiger partial charge in [0, 0.05) is 23.5 Å². The Balaban J connectivity index is 1.16. The van der Waals surface area contributed by atoms with E-state index in [1.165, 1.54) is 24.1 Å². The number of carbonyl (C=O) groups is 3. The van der Waals surface area contributed by atoms with Crippen LogP contribution in [0.1, 0.15) is 11.6 Å². The Kier molecular flexibility index (Phi) is 7.84. The van der Waals surface area contributed by atoms with Crippen LogP contribution in [0, 0.1) is 5.82 Å². The van der Waals surface area contributed by atoms with Crippen molar-refractivity contribution in [2.45, 2.75) is 6.04 Å². The van der Waals surface area contributed by atoms with Crippen molar-refractivity contribution in [2.24, 2.45) is 0 Å². The van der Waals surface area contributed by atoms with E-state index < -0.39 is 30.0 Å². The molecule has 1 aliphatic heterocycles. The maximum atomic E-state index is 13.3. The molecule has 6 rings (SSSR count). The van der Waals surface area contributed by atoms with Crippen molar-refractivity contribution in [2.75, 3.05) is 35.8 Å². The molecule has 1 atom stereocenters. The summed E-state index contributed by atoms with van der Waals surface area (Å²) in [4.78, 5) is 42.2. The second kappa shape index (κ2) is 12.2.